The summed E-state index contributed by atoms with van der Waals surface area (Å²) in [5.41, 5.74) is 1.44. The molecule has 6 heteroatoms. The first-order chi connectivity index (χ1) is 7.94. The number of nitrogens with zero attached hydrogens (tertiary/aromatic N) is 1. The highest BCUT2D eigenvalue weighted by Gasteiger charge is 2.05. The van der Waals surface area contributed by atoms with Gasteiger partial charge < -0.3 is 5.11 Å². The maximum Gasteiger partial charge on any atom is 0.247 e. The van der Waals surface area contributed by atoms with Crippen molar-refractivity contribution in [3.8, 4) is 5.75 Å². The number of benzene rings is 1. The first-order valence-corrected chi connectivity index (χ1v) is 6.92. The second-order valence-electron chi connectivity index (χ2n) is 3.73. The van der Waals surface area contributed by atoms with Crippen LogP contribution in [0.2, 0.25) is 0 Å². The van der Waals surface area contributed by atoms with Gasteiger partial charge in [-0.15, -0.1) is 0 Å². The average molecular weight is 256 g/mol. The summed E-state index contributed by atoms with van der Waals surface area (Å²) in [6.45, 7) is 3.65. The molecule has 0 aliphatic carbocycles. The van der Waals surface area contributed by atoms with Gasteiger partial charge in [-0.05, 0) is 25.5 Å². The van der Waals surface area contributed by atoms with Crippen molar-refractivity contribution in [2.45, 2.75) is 20.3 Å². The second-order valence-corrected chi connectivity index (χ2v) is 5.55. The van der Waals surface area contributed by atoms with E-state index in [4.69, 9.17) is 0 Å². The van der Waals surface area contributed by atoms with Gasteiger partial charge in [0.1, 0.15) is 5.75 Å². The molecule has 0 aliphatic rings. The molecule has 17 heavy (non-hydrogen) atoms. The monoisotopic (exact) mass is 256 g/mol. The molecule has 1 aromatic rings. The van der Waals surface area contributed by atoms with Gasteiger partial charge in [0.25, 0.3) is 0 Å². The van der Waals surface area contributed by atoms with E-state index in [9.17, 15) is 13.5 Å². The third-order valence-corrected chi connectivity index (χ3v) is 3.38. The SMILES string of the molecule is CCCS(=O)(=O)N/N=C/c1cc(C)ccc1O. The van der Waals surface area contributed by atoms with Crippen LogP contribution in [0.1, 0.15) is 24.5 Å². The fourth-order valence-electron chi connectivity index (χ4n) is 1.27. The minimum atomic E-state index is -3.35. The van der Waals surface area contributed by atoms with Crippen molar-refractivity contribution in [1.82, 2.24) is 4.83 Å². The molecular formula is C11H16N2O3S. The molecule has 1 rings (SSSR count). The number of hydrogen-bond acceptors (Lipinski definition) is 4. The molecule has 0 radical (unpaired) electrons. The van der Waals surface area contributed by atoms with Crippen molar-refractivity contribution in [1.29, 1.82) is 0 Å². The Morgan fingerprint density at radius 2 is 2.18 bits per heavy atom. The minimum absolute atomic E-state index is 0.0319. The Balaban J connectivity index is 2.75. The predicted molar refractivity (Wildman–Crippen MR) is 67.7 cm³/mol. The zero-order valence-corrected chi connectivity index (χ0v) is 10.7. The predicted octanol–water partition coefficient (Wildman–Crippen LogP) is 1.36. The van der Waals surface area contributed by atoms with Crippen molar-refractivity contribution in [2.24, 2.45) is 5.10 Å². The van der Waals surface area contributed by atoms with Gasteiger partial charge in [0.2, 0.25) is 10.0 Å². The van der Waals surface area contributed by atoms with Gasteiger partial charge >= 0.3 is 0 Å². The Bertz CT molecular complexity index is 509. The first kappa shape index (κ1) is 13.5. The molecule has 0 atom stereocenters. The van der Waals surface area contributed by atoms with Crippen molar-refractivity contribution < 1.29 is 13.5 Å². The van der Waals surface area contributed by atoms with E-state index in [-0.39, 0.29) is 11.5 Å². The average Bonchev–Trinajstić information content (AvgIpc) is 2.23. The standard InChI is InChI=1S/C11H16N2O3S/c1-3-6-17(15,16)13-12-8-10-7-9(2)4-5-11(10)14/h4-5,7-8,13-14H,3,6H2,1-2H3/b12-8+. The van der Waals surface area contributed by atoms with Crippen LogP contribution in [0.3, 0.4) is 0 Å². The molecule has 0 bridgehead atoms. The van der Waals surface area contributed by atoms with Crippen LogP contribution in [0.15, 0.2) is 23.3 Å². The largest absolute Gasteiger partial charge is 0.507 e. The highest BCUT2D eigenvalue weighted by atomic mass is 32.2. The van der Waals surface area contributed by atoms with Gasteiger partial charge in [0.05, 0.1) is 12.0 Å². The van der Waals surface area contributed by atoms with E-state index in [1.807, 2.05) is 6.92 Å². The maximum atomic E-state index is 11.3. The third kappa shape index (κ3) is 4.44. The number of phenolic OH excluding ortho intramolecular Hbond substituents is 1. The molecule has 0 aromatic heterocycles. The lowest BCUT2D eigenvalue weighted by molar-refractivity contribution is 0.474. The Kier molecular flexibility index (Phi) is 4.51. The van der Waals surface area contributed by atoms with Crippen LogP contribution in [-0.2, 0) is 10.0 Å². The Morgan fingerprint density at radius 3 is 2.82 bits per heavy atom. The van der Waals surface area contributed by atoms with E-state index < -0.39 is 10.0 Å². The summed E-state index contributed by atoms with van der Waals surface area (Å²) in [7, 11) is -3.35. The molecule has 0 unspecified atom stereocenters. The lowest BCUT2D eigenvalue weighted by Crippen LogP contribution is -2.21. The van der Waals surface area contributed by atoms with Crippen LogP contribution in [-0.4, -0.2) is 25.5 Å². The van der Waals surface area contributed by atoms with Crippen molar-refractivity contribution in [3.63, 3.8) is 0 Å². The number of hydrazone groups is 1. The quantitative estimate of drug-likeness (QED) is 0.616. The van der Waals surface area contributed by atoms with Crippen LogP contribution in [0.5, 0.6) is 5.75 Å². The molecular weight excluding hydrogens is 240 g/mol. The van der Waals surface area contributed by atoms with Gasteiger partial charge in [-0.1, -0.05) is 18.6 Å². The third-order valence-electron chi connectivity index (χ3n) is 2.05. The number of rotatable bonds is 5. The number of hydrogen-bond donors (Lipinski definition) is 2. The van der Waals surface area contributed by atoms with E-state index in [1.54, 1.807) is 19.1 Å². The molecule has 1 aromatic carbocycles. The molecule has 0 amide bonds. The van der Waals surface area contributed by atoms with Crippen LogP contribution in [0, 0.1) is 6.92 Å². The molecule has 0 fully saturated rings. The summed E-state index contributed by atoms with van der Waals surface area (Å²) >= 11 is 0. The maximum absolute atomic E-state index is 11.3. The van der Waals surface area contributed by atoms with E-state index in [2.05, 4.69) is 9.93 Å². The lowest BCUT2D eigenvalue weighted by atomic mass is 10.1. The highest BCUT2D eigenvalue weighted by molar-refractivity contribution is 7.89. The molecule has 5 nitrogen and oxygen atoms in total. The number of aryl methyl sites for hydroxylation is 1. The smallest absolute Gasteiger partial charge is 0.247 e. The number of aromatic hydroxyl groups is 1. The number of sulfonamides is 1. The topological polar surface area (TPSA) is 78.8 Å². The van der Waals surface area contributed by atoms with Crippen LogP contribution >= 0.6 is 0 Å². The molecule has 0 spiro atoms. The zero-order chi connectivity index (χ0) is 12.9. The minimum Gasteiger partial charge on any atom is -0.507 e. The molecule has 0 heterocycles. The fourth-order valence-corrected chi connectivity index (χ4v) is 2.11. The van der Waals surface area contributed by atoms with Crippen molar-refractivity contribution in [2.75, 3.05) is 5.75 Å². The van der Waals surface area contributed by atoms with E-state index >= 15 is 0 Å². The summed E-state index contributed by atoms with van der Waals surface area (Å²) in [6.07, 6.45) is 1.82. The van der Waals surface area contributed by atoms with Gasteiger partial charge in [-0.3, -0.25) is 0 Å². The summed E-state index contributed by atoms with van der Waals surface area (Å²) in [6, 6.07) is 5.01. The fraction of sp³-hybridized carbons (Fsp3) is 0.364. The van der Waals surface area contributed by atoms with Crippen molar-refractivity contribution in [3.05, 3.63) is 29.3 Å². The number of nitrogens with one attached hydrogen (secondary N) is 1. The van der Waals surface area contributed by atoms with Crippen LogP contribution in [0.4, 0.5) is 0 Å². The normalized spacial score (nSPS) is 11.9. The molecule has 0 saturated heterocycles. The van der Waals surface area contributed by atoms with Gasteiger partial charge in [-0.25, -0.2) is 13.2 Å². The van der Waals surface area contributed by atoms with E-state index in [0.29, 0.717) is 12.0 Å². The lowest BCUT2D eigenvalue weighted by Gasteiger charge is -2.02. The second kappa shape index (κ2) is 5.67. The van der Waals surface area contributed by atoms with E-state index in [0.717, 1.165) is 5.56 Å². The van der Waals surface area contributed by atoms with Gasteiger partial charge in [-0.2, -0.15) is 5.10 Å². The Hall–Kier alpha value is -1.56. The van der Waals surface area contributed by atoms with Gasteiger partial charge in [0.15, 0.2) is 0 Å². The molecule has 0 aliphatic heterocycles. The summed E-state index contributed by atoms with van der Waals surface area (Å²) < 4.78 is 22.6. The zero-order valence-electron chi connectivity index (χ0n) is 9.84. The number of phenols is 1. The Labute approximate surface area is 101 Å². The summed E-state index contributed by atoms with van der Waals surface area (Å²) in [4.78, 5) is 2.09. The first-order valence-electron chi connectivity index (χ1n) is 5.27. The Morgan fingerprint density at radius 1 is 1.47 bits per heavy atom. The highest BCUT2D eigenvalue weighted by Crippen LogP contribution is 2.15. The summed E-state index contributed by atoms with van der Waals surface area (Å²) in [5.74, 6) is 0.0958. The van der Waals surface area contributed by atoms with Crippen molar-refractivity contribution >= 4 is 16.2 Å². The van der Waals surface area contributed by atoms with Crippen LogP contribution in [0.25, 0.3) is 0 Å². The molecule has 94 valence electrons. The van der Waals surface area contributed by atoms with E-state index in [1.165, 1.54) is 12.3 Å². The van der Waals surface area contributed by atoms with Crippen LogP contribution < -0.4 is 4.83 Å². The summed E-state index contributed by atoms with van der Waals surface area (Å²) in [5, 5.41) is 13.1. The van der Waals surface area contributed by atoms with Gasteiger partial charge in [0, 0.05) is 5.56 Å². The molecule has 2 N–H and O–H groups in total. The molecule has 0 saturated carbocycles.